The SMILES string of the molecule is CC(C)(c1ccccc1)c1ccc2c(c1)C2(C)C12C=CC=CC1C2. The monoisotopic (exact) mass is 312 g/mol. The number of fused-ring (bicyclic) bond motifs is 2. The smallest absolute Gasteiger partial charge is 0.0277 e. The molecule has 0 bridgehead atoms. The van der Waals surface area contributed by atoms with Crippen molar-refractivity contribution in [2.24, 2.45) is 11.3 Å². The van der Waals surface area contributed by atoms with Crippen molar-refractivity contribution in [3.05, 3.63) is 95.1 Å². The molecule has 5 rings (SSSR count). The molecule has 2 aromatic rings. The number of hydrogen-bond acceptors (Lipinski definition) is 0. The van der Waals surface area contributed by atoms with Gasteiger partial charge < -0.3 is 0 Å². The van der Waals surface area contributed by atoms with Crippen LogP contribution in [0, 0.1) is 11.3 Å². The lowest BCUT2D eigenvalue weighted by Gasteiger charge is -2.26. The third-order valence-electron chi connectivity index (χ3n) is 7.09. The Hall–Kier alpha value is -2.08. The third-order valence-corrected chi connectivity index (χ3v) is 7.09. The largest absolute Gasteiger partial charge is 0.0805 e. The fourth-order valence-electron chi connectivity index (χ4n) is 5.09. The number of hydrogen-bond donors (Lipinski definition) is 0. The zero-order valence-electron chi connectivity index (χ0n) is 14.7. The van der Waals surface area contributed by atoms with Gasteiger partial charge in [-0.05, 0) is 34.6 Å². The van der Waals surface area contributed by atoms with Gasteiger partial charge >= 0.3 is 0 Å². The summed E-state index contributed by atoms with van der Waals surface area (Å²) in [6, 6.07) is 18.1. The number of rotatable bonds is 3. The molecular formula is C24H24. The van der Waals surface area contributed by atoms with Crippen LogP contribution in [-0.4, -0.2) is 0 Å². The van der Waals surface area contributed by atoms with Gasteiger partial charge in [0.05, 0.1) is 0 Å². The molecule has 0 spiro atoms. The van der Waals surface area contributed by atoms with Gasteiger partial charge in [-0.3, -0.25) is 0 Å². The Kier molecular flexibility index (Phi) is 2.56. The van der Waals surface area contributed by atoms with E-state index in [-0.39, 0.29) is 10.8 Å². The summed E-state index contributed by atoms with van der Waals surface area (Å²) >= 11 is 0. The van der Waals surface area contributed by atoms with Crippen molar-refractivity contribution >= 4 is 0 Å². The predicted octanol–water partition coefficient (Wildman–Crippen LogP) is 5.76. The molecule has 0 heterocycles. The Morgan fingerprint density at radius 2 is 1.71 bits per heavy atom. The Morgan fingerprint density at radius 1 is 0.917 bits per heavy atom. The molecule has 1 fully saturated rings. The first-order valence-electron chi connectivity index (χ1n) is 9.07. The molecule has 0 radical (unpaired) electrons. The molecule has 1 saturated carbocycles. The van der Waals surface area contributed by atoms with Gasteiger partial charge in [-0.15, -0.1) is 0 Å². The molecule has 3 aliphatic rings. The molecule has 0 amide bonds. The van der Waals surface area contributed by atoms with Crippen LogP contribution in [0.25, 0.3) is 0 Å². The quantitative estimate of drug-likeness (QED) is 0.675. The van der Waals surface area contributed by atoms with E-state index in [1.165, 1.54) is 17.5 Å². The highest BCUT2D eigenvalue weighted by atomic mass is 14.7. The lowest BCUT2D eigenvalue weighted by atomic mass is 9.77. The molecule has 0 heteroatoms. The van der Waals surface area contributed by atoms with Gasteiger partial charge in [0.1, 0.15) is 0 Å². The van der Waals surface area contributed by atoms with Crippen LogP contribution < -0.4 is 0 Å². The summed E-state index contributed by atoms with van der Waals surface area (Å²) in [4.78, 5) is 0. The van der Waals surface area contributed by atoms with Crippen molar-refractivity contribution in [2.45, 2.75) is 38.0 Å². The van der Waals surface area contributed by atoms with E-state index in [0.717, 1.165) is 5.92 Å². The van der Waals surface area contributed by atoms with Crippen LogP contribution in [0.3, 0.4) is 0 Å². The predicted molar refractivity (Wildman–Crippen MR) is 100 cm³/mol. The van der Waals surface area contributed by atoms with Crippen LogP contribution in [0.15, 0.2) is 72.8 Å². The lowest BCUT2D eigenvalue weighted by molar-refractivity contribution is 0.449. The van der Waals surface area contributed by atoms with E-state index in [1.807, 2.05) is 0 Å². The maximum Gasteiger partial charge on any atom is 0.0277 e. The van der Waals surface area contributed by atoms with Crippen molar-refractivity contribution in [3.8, 4) is 0 Å². The summed E-state index contributed by atoms with van der Waals surface area (Å²) in [5, 5.41) is 0. The minimum absolute atomic E-state index is 0.0444. The fourth-order valence-corrected chi connectivity index (χ4v) is 5.09. The fraction of sp³-hybridized carbons (Fsp3) is 0.333. The van der Waals surface area contributed by atoms with Gasteiger partial charge in [-0.25, -0.2) is 0 Å². The Bertz CT molecular complexity index is 884. The minimum atomic E-state index is 0.0444. The Balaban J connectivity index is 1.54. The molecule has 3 atom stereocenters. The van der Waals surface area contributed by atoms with E-state index >= 15 is 0 Å². The second-order valence-electron chi connectivity index (χ2n) is 8.47. The Labute approximate surface area is 144 Å². The third kappa shape index (κ3) is 1.59. The second kappa shape index (κ2) is 4.30. The molecule has 0 aliphatic heterocycles. The summed E-state index contributed by atoms with van der Waals surface area (Å²) in [6.45, 7) is 7.14. The topological polar surface area (TPSA) is 0 Å². The highest BCUT2D eigenvalue weighted by molar-refractivity contribution is 5.67. The first-order valence-corrected chi connectivity index (χ1v) is 9.07. The van der Waals surface area contributed by atoms with Gasteiger partial charge in [0, 0.05) is 16.2 Å². The molecule has 0 aromatic heterocycles. The van der Waals surface area contributed by atoms with Crippen LogP contribution in [0.2, 0.25) is 0 Å². The van der Waals surface area contributed by atoms with Crippen LogP contribution in [0.1, 0.15) is 49.4 Å². The highest BCUT2D eigenvalue weighted by Crippen LogP contribution is 2.75. The zero-order chi connectivity index (χ0) is 16.6. The van der Waals surface area contributed by atoms with Gasteiger partial charge in [0.25, 0.3) is 0 Å². The molecule has 0 nitrogen and oxygen atoms in total. The molecule has 3 unspecified atom stereocenters. The molecule has 120 valence electrons. The van der Waals surface area contributed by atoms with Gasteiger partial charge in [-0.1, -0.05) is 93.6 Å². The van der Waals surface area contributed by atoms with Gasteiger partial charge in [0.15, 0.2) is 0 Å². The Morgan fingerprint density at radius 3 is 2.46 bits per heavy atom. The summed E-state index contributed by atoms with van der Waals surface area (Å²) in [6.07, 6.45) is 10.7. The average Bonchev–Trinajstić information content (AvgIpc) is 3.50. The van der Waals surface area contributed by atoms with Crippen LogP contribution in [0.5, 0.6) is 0 Å². The van der Waals surface area contributed by atoms with E-state index in [9.17, 15) is 0 Å². The van der Waals surface area contributed by atoms with Crippen molar-refractivity contribution in [2.75, 3.05) is 0 Å². The lowest BCUT2D eigenvalue weighted by Crippen LogP contribution is -2.21. The molecule has 0 saturated heterocycles. The van der Waals surface area contributed by atoms with E-state index < -0.39 is 0 Å². The van der Waals surface area contributed by atoms with E-state index in [2.05, 4.69) is 93.6 Å². The van der Waals surface area contributed by atoms with Crippen molar-refractivity contribution in [1.82, 2.24) is 0 Å². The van der Waals surface area contributed by atoms with E-state index in [0.29, 0.717) is 5.41 Å². The van der Waals surface area contributed by atoms with Crippen molar-refractivity contribution < 1.29 is 0 Å². The maximum absolute atomic E-state index is 2.48. The highest BCUT2D eigenvalue weighted by Gasteiger charge is 2.70. The van der Waals surface area contributed by atoms with Crippen molar-refractivity contribution in [1.29, 1.82) is 0 Å². The summed E-state index contributed by atoms with van der Waals surface area (Å²) in [5.74, 6) is 0.741. The van der Waals surface area contributed by atoms with Gasteiger partial charge in [-0.2, -0.15) is 0 Å². The maximum atomic E-state index is 2.48. The normalized spacial score (nSPS) is 32.2. The summed E-state index contributed by atoms with van der Waals surface area (Å²) in [7, 11) is 0. The first-order chi connectivity index (χ1) is 11.5. The summed E-state index contributed by atoms with van der Waals surface area (Å²) in [5.41, 5.74) is 6.62. The zero-order valence-corrected chi connectivity index (χ0v) is 14.7. The molecule has 0 N–H and O–H groups in total. The molecule has 3 aliphatic carbocycles. The second-order valence-corrected chi connectivity index (χ2v) is 8.47. The number of benzene rings is 2. The standard InChI is InChI=1S/C24H24/c1-22(2,17-9-5-4-6-10-17)18-12-13-20-21(15-18)23(20,3)24-14-8-7-11-19(24)16-24/h4-15,19H,16H2,1-3H3. The van der Waals surface area contributed by atoms with Crippen molar-refractivity contribution in [3.63, 3.8) is 0 Å². The van der Waals surface area contributed by atoms with Crippen LogP contribution in [-0.2, 0) is 10.8 Å². The minimum Gasteiger partial charge on any atom is -0.0805 e. The molecule has 24 heavy (non-hydrogen) atoms. The molecule has 2 aromatic carbocycles. The van der Waals surface area contributed by atoms with E-state index in [4.69, 9.17) is 0 Å². The number of allylic oxidation sites excluding steroid dienone is 4. The van der Waals surface area contributed by atoms with Gasteiger partial charge in [0.2, 0.25) is 0 Å². The van der Waals surface area contributed by atoms with Crippen LogP contribution >= 0.6 is 0 Å². The van der Waals surface area contributed by atoms with Crippen LogP contribution in [0.4, 0.5) is 0 Å². The molecular weight excluding hydrogens is 288 g/mol. The van der Waals surface area contributed by atoms with E-state index in [1.54, 1.807) is 11.1 Å². The summed E-state index contributed by atoms with van der Waals surface area (Å²) < 4.78 is 0. The average molecular weight is 312 g/mol. The first kappa shape index (κ1) is 14.3.